The van der Waals surface area contributed by atoms with Crippen molar-refractivity contribution in [2.75, 3.05) is 18.1 Å². The van der Waals surface area contributed by atoms with E-state index in [-0.39, 0.29) is 0 Å². The van der Waals surface area contributed by atoms with Gasteiger partial charge >= 0.3 is 0 Å². The first-order chi connectivity index (χ1) is 8.81. The summed E-state index contributed by atoms with van der Waals surface area (Å²) < 4.78 is 5.72. The third-order valence-electron chi connectivity index (χ3n) is 3.06. The first-order valence-corrected chi connectivity index (χ1v) is 8.02. The topological polar surface area (TPSA) is 9.23 Å². The molecule has 0 spiro atoms. The zero-order chi connectivity index (χ0) is 13.2. The fourth-order valence-electron chi connectivity index (χ4n) is 1.82. The molecule has 1 nitrogen and oxygen atoms in total. The molecule has 3 heteroatoms. The highest BCUT2D eigenvalue weighted by atomic mass is 32.1. The lowest BCUT2D eigenvalue weighted by Crippen LogP contribution is -2.02. The molecule has 0 atom stereocenters. The second kappa shape index (κ2) is 9.62. The molecule has 0 saturated carbocycles. The summed E-state index contributed by atoms with van der Waals surface area (Å²) in [4.78, 5) is 0. The van der Waals surface area contributed by atoms with Gasteiger partial charge in [-0.05, 0) is 35.6 Å². The van der Waals surface area contributed by atoms with Gasteiger partial charge in [0.25, 0.3) is 0 Å². The summed E-state index contributed by atoms with van der Waals surface area (Å²) in [7, 11) is 0. The molecule has 102 valence electrons. The van der Waals surface area contributed by atoms with Crippen LogP contribution in [-0.4, -0.2) is 18.1 Å². The molecule has 0 amide bonds. The maximum Gasteiger partial charge on any atom is 0.119 e. The molecule has 0 bridgehead atoms. The van der Waals surface area contributed by atoms with Crippen LogP contribution in [-0.2, 0) is 0 Å². The molecule has 0 radical (unpaired) electrons. The van der Waals surface area contributed by atoms with Crippen LogP contribution in [0.25, 0.3) is 0 Å². The first kappa shape index (κ1) is 15.8. The van der Waals surface area contributed by atoms with E-state index in [1.807, 2.05) is 0 Å². The number of hydrogen-bond acceptors (Lipinski definition) is 3. The lowest BCUT2D eigenvalue weighted by molar-refractivity contribution is 0.305. The summed E-state index contributed by atoms with van der Waals surface area (Å²) in [6, 6.07) is 8.35. The standard InChI is InChI=1S/C15H24OS2/c1-2-3-4-5-10-16-15-8-6-13(7-9-15)14(11-17)12-18/h6-9,14,17-18H,2-5,10-12H2,1H3. The minimum absolute atomic E-state index is 0.426. The number of ether oxygens (including phenoxy) is 1. The molecular weight excluding hydrogens is 260 g/mol. The molecule has 1 rings (SSSR count). The van der Waals surface area contributed by atoms with Crippen LogP contribution < -0.4 is 4.74 Å². The van der Waals surface area contributed by atoms with E-state index in [1.54, 1.807) is 0 Å². The van der Waals surface area contributed by atoms with E-state index in [9.17, 15) is 0 Å². The summed E-state index contributed by atoms with van der Waals surface area (Å²) in [5, 5.41) is 0. The van der Waals surface area contributed by atoms with Gasteiger partial charge in [0, 0.05) is 5.92 Å². The van der Waals surface area contributed by atoms with Gasteiger partial charge in [0.1, 0.15) is 5.75 Å². The lowest BCUT2D eigenvalue weighted by Gasteiger charge is -2.12. The summed E-state index contributed by atoms with van der Waals surface area (Å²) in [5.74, 6) is 3.06. The Kier molecular flexibility index (Phi) is 8.44. The quantitative estimate of drug-likeness (QED) is 0.498. The Hall–Kier alpha value is -0.280. The maximum atomic E-state index is 5.72. The van der Waals surface area contributed by atoms with Crippen LogP contribution in [0.15, 0.2) is 24.3 Å². The van der Waals surface area contributed by atoms with E-state index in [0.717, 1.165) is 30.3 Å². The lowest BCUT2D eigenvalue weighted by atomic mass is 10.0. The monoisotopic (exact) mass is 284 g/mol. The van der Waals surface area contributed by atoms with Crippen molar-refractivity contribution in [1.82, 2.24) is 0 Å². The van der Waals surface area contributed by atoms with Crippen LogP contribution in [0.4, 0.5) is 0 Å². The van der Waals surface area contributed by atoms with E-state index < -0.39 is 0 Å². The predicted molar refractivity (Wildman–Crippen MR) is 86.5 cm³/mol. The maximum absolute atomic E-state index is 5.72. The van der Waals surface area contributed by atoms with Gasteiger partial charge in [0.15, 0.2) is 0 Å². The highest BCUT2D eigenvalue weighted by Crippen LogP contribution is 2.21. The average Bonchev–Trinajstić information content (AvgIpc) is 2.41. The van der Waals surface area contributed by atoms with E-state index in [0.29, 0.717) is 5.92 Å². The van der Waals surface area contributed by atoms with Gasteiger partial charge in [0.2, 0.25) is 0 Å². The van der Waals surface area contributed by atoms with Crippen molar-refractivity contribution in [3.63, 3.8) is 0 Å². The normalized spacial score (nSPS) is 10.9. The minimum Gasteiger partial charge on any atom is -0.494 e. The number of hydrogen-bond donors (Lipinski definition) is 2. The van der Waals surface area contributed by atoms with Gasteiger partial charge in [0.05, 0.1) is 6.61 Å². The molecular formula is C15H24OS2. The Morgan fingerprint density at radius 2 is 1.67 bits per heavy atom. The highest BCUT2D eigenvalue weighted by Gasteiger charge is 2.07. The Morgan fingerprint density at radius 1 is 1.00 bits per heavy atom. The molecule has 0 fully saturated rings. The van der Waals surface area contributed by atoms with Gasteiger partial charge in [-0.25, -0.2) is 0 Å². The summed E-state index contributed by atoms with van der Waals surface area (Å²) in [6.07, 6.45) is 4.97. The van der Waals surface area contributed by atoms with Crippen LogP contribution in [0.2, 0.25) is 0 Å². The predicted octanol–water partition coefficient (Wildman–Crippen LogP) is 4.59. The van der Waals surface area contributed by atoms with Crippen molar-refractivity contribution in [2.45, 2.75) is 38.5 Å². The first-order valence-electron chi connectivity index (χ1n) is 6.76. The fourth-order valence-corrected chi connectivity index (χ4v) is 2.71. The molecule has 0 saturated heterocycles. The smallest absolute Gasteiger partial charge is 0.119 e. The van der Waals surface area contributed by atoms with E-state index in [1.165, 1.54) is 24.8 Å². The van der Waals surface area contributed by atoms with Gasteiger partial charge in [-0.3, -0.25) is 0 Å². The van der Waals surface area contributed by atoms with Crippen molar-refractivity contribution >= 4 is 25.3 Å². The van der Waals surface area contributed by atoms with E-state index >= 15 is 0 Å². The molecule has 0 aliphatic rings. The fraction of sp³-hybridized carbons (Fsp3) is 0.600. The second-order valence-corrected chi connectivity index (χ2v) is 5.27. The number of unbranched alkanes of at least 4 members (excludes halogenated alkanes) is 3. The molecule has 0 N–H and O–H groups in total. The largest absolute Gasteiger partial charge is 0.494 e. The molecule has 0 aliphatic heterocycles. The van der Waals surface area contributed by atoms with E-state index in [2.05, 4.69) is 56.4 Å². The van der Waals surface area contributed by atoms with Crippen LogP contribution in [0.3, 0.4) is 0 Å². The molecule has 0 unspecified atom stereocenters. The zero-order valence-corrected chi connectivity index (χ0v) is 12.9. The van der Waals surface area contributed by atoms with Crippen molar-refractivity contribution in [1.29, 1.82) is 0 Å². The summed E-state index contributed by atoms with van der Waals surface area (Å²) in [5.41, 5.74) is 1.29. The third kappa shape index (κ3) is 5.57. The Balaban J connectivity index is 2.35. The van der Waals surface area contributed by atoms with Gasteiger partial charge in [-0.1, -0.05) is 38.3 Å². The van der Waals surface area contributed by atoms with Crippen LogP contribution in [0, 0.1) is 0 Å². The molecule has 1 aromatic carbocycles. The van der Waals surface area contributed by atoms with E-state index in [4.69, 9.17) is 4.74 Å². The summed E-state index contributed by atoms with van der Waals surface area (Å²) in [6.45, 7) is 3.04. The molecule has 0 heterocycles. The SMILES string of the molecule is CCCCCCOc1ccc(C(CS)CS)cc1. The molecule has 1 aromatic rings. The van der Waals surface area contributed by atoms with Crippen LogP contribution in [0.1, 0.15) is 44.1 Å². The van der Waals surface area contributed by atoms with Crippen molar-refractivity contribution in [2.24, 2.45) is 0 Å². The minimum atomic E-state index is 0.426. The number of rotatable bonds is 9. The van der Waals surface area contributed by atoms with Gasteiger partial charge in [-0.15, -0.1) is 0 Å². The average molecular weight is 284 g/mol. The van der Waals surface area contributed by atoms with Crippen molar-refractivity contribution in [3.05, 3.63) is 29.8 Å². The highest BCUT2D eigenvalue weighted by molar-refractivity contribution is 7.81. The molecule has 0 aliphatic carbocycles. The van der Waals surface area contributed by atoms with Gasteiger partial charge in [-0.2, -0.15) is 25.3 Å². The van der Waals surface area contributed by atoms with Crippen LogP contribution in [0.5, 0.6) is 5.75 Å². The van der Waals surface area contributed by atoms with Gasteiger partial charge < -0.3 is 4.74 Å². The Bertz CT molecular complexity index is 307. The van der Waals surface area contributed by atoms with Crippen molar-refractivity contribution in [3.8, 4) is 5.75 Å². The van der Waals surface area contributed by atoms with Crippen LogP contribution >= 0.6 is 25.3 Å². The Morgan fingerprint density at radius 3 is 2.22 bits per heavy atom. The summed E-state index contributed by atoms with van der Waals surface area (Å²) >= 11 is 8.68. The Labute approximate surface area is 122 Å². The second-order valence-electron chi connectivity index (χ2n) is 4.54. The number of benzene rings is 1. The molecule has 0 aromatic heterocycles. The third-order valence-corrected chi connectivity index (χ3v) is 3.94. The number of thiol groups is 2. The molecule has 18 heavy (non-hydrogen) atoms. The zero-order valence-electron chi connectivity index (χ0n) is 11.1. The van der Waals surface area contributed by atoms with Crippen molar-refractivity contribution < 1.29 is 4.74 Å².